The second-order valence-electron chi connectivity index (χ2n) is 5.45. The number of likely N-dealkylation sites (N-methyl/N-ethyl adjacent to an activating group) is 1. The number of thioether (sulfide) groups is 1. The van der Waals surface area contributed by atoms with Gasteiger partial charge >= 0.3 is 5.97 Å². The number of nitrogens with zero attached hydrogens (tertiary/aromatic N) is 2. The predicted molar refractivity (Wildman–Crippen MR) is 98.4 cm³/mol. The highest BCUT2D eigenvalue weighted by Crippen LogP contribution is 2.32. The van der Waals surface area contributed by atoms with Crippen LogP contribution in [-0.2, 0) is 14.3 Å². The molecule has 0 N–H and O–H groups in total. The van der Waals surface area contributed by atoms with Crippen molar-refractivity contribution in [3.63, 3.8) is 0 Å². The lowest BCUT2D eigenvalue weighted by Crippen LogP contribution is -2.41. The fourth-order valence-electron chi connectivity index (χ4n) is 2.43. The Hall–Kier alpha value is -2.61. The number of benzene rings is 1. The highest BCUT2D eigenvalue weighted by atomic mass is 32.2. The summed E-state index contributed by atoms with van der Waals surface area (Å²) in [5.41, 5.74) is 1.06. The normalized spacial score (nSPS) is 15.5. The predicted octanol–water partition coefficient (Wildman–Crippen LogP) is 2.38. The van der Waals surface area contributed by atoms with E-state index in [1.165, 1.54) is 7.11 Å². The van der Waals surface area contributed by atoms with E-state index in [0.717, 1.165) is 16.7 Å². The van der Waals surface area contributed by atoms with Crippen LogP contribution in [0.3, 0.4) is 0 Å². The molecule has 1 heterocycles. The smallest absolute Gasteiger partial charge is 0.337 e. The maximum atomic E-state index is 12.4. The average Bonchev–Trinajstić information content (AvgIpc) is 2.90. The Kier molecular flexibility index (Phi) is 6.57. The third-order valence-corrected chi connectivity index (χ3v) is 4.82. The standard InChI is InChI=1S/C18H20N2O5S/c1-4-19(5-2)15(21)11-20-16(22)14(26-18(20)24)10-12-6-8-13(9-7-12)17(23)25-3/h6-10H,4-5,11H2,1-3H3/b14-10-. The summed E-state index contributed by atoms with van der Waals surface area (Å²) in [6.45, 7) is 4.47. The van der Waals surface area contributed by atoms with Crippen LogP contribution < -0.4 is 0 Å². The molecule has 0 bridgehead atoms. The van der Waals surface area contributed by atoms with Crippen molar-refractivity contribution in [2.45, 2.75) is 13.8 Å². The van der Waals surface area contributed by atoms with Gasteiger partial charge in [0.05, 0.1) is 17.6 Å². The molecule has 2 rings (SSSR count). The maximum absolute atomic E-state index is 12.4. The number of ether oxygens (including phenoxy) is 1. The average molecular weight is 376 g/mol. The lowest BCUT2D eigenvalue weighted by atomic mass is 10.1. The molecule has 1 aromatic rings. The molecule has 0 aromatic heterocycles. The maximum Gasteiger partial charge on any atom is 0.337 e. The number of rotatable bonds is 6. The summed E-state index contributed by atoms with van der Waals surface area (Å²) in [5, 5.41) is -0.465. The molecule has 0 saturated carbocycles. The van der Waals surface area contributed by atoms with E-state index >= 15 is 0 Å². The van der Waals surface area contributed by atoms with E-state index in [-0.39, 0.29) is 17.4 Å². The zero-order valence-corrected chi connectivity index (χ0v) is 15.7. The van der Waals surface area contributed by atoms with Crippen molar-refractivity contribution < 1.29 is 23.9 Å². The largest absolute Gasteiger partial charge is 0.465 e. The van der Waals surface area contributed by atoms with Gasteiger partial charge in [-0.3, -0.25) is 19.3 Å². The molecule has 0 atom stereocenters. The first kappa shape index (κ1) is 19.7. The van der Waals surface area contributed by atoms with Crippen molar-refractivity contribution in [2.75, 3.05) is 26.7 Å². The molecule has 138 valence electrons. The van der Waals surface area contributed by atoms with Crippen LogP contribution in [0.25, 0.3) is 6.08 Å². The molecule has 1 fully saturated rings. The zero-order chi connectivity index (χ0) is 19.3. The van der Waals surface area contributed by atoms with Crippen LogP contribution in [0.15, 0.2) is 29.2 Å². The van der Waals surface area contributed by atoms with Gasteiger partial charge in [-0.05, 0) is 49.4 Å². The summed E-state index contributed by atoms with van der Waals surface area (Å²) in [5.74, 6) is -1.20. The number of amides is 3. The molecule has 0 spiro atoms. The van der Waals surface area contributed by atoms with E-state index < -0.39 is 17.1 Å². The van der Waals surface area contributed by atoms with E-state index in [1.54, 1.807) is 35.2 Å². The summed E-state index contributed by atoms with van der Waals surface area (Å²) in [7, 11) is 1.30. The van der Waals surface area contributed by atoms with Crippen LogP contribution in [-0.4, -0.2) is 59.6 Å². The van der Waals surface area contributed by atoms with Gasteiger partial charge in [0, 0.05) is 13.1 Å². The lowest BCUT2D eigenvalue weighted by molar-refractivity contribution is -0.135. The topological polar surface area (TPSA) is 84.0 Å². The van der Waals surface area contributed by atoms with E-state index in [9.17, 15) is 19.2 Å². The zero-order valence-electron chi connectivity index (χ0n) is 14.9. The number of hydrogen-bond donors (Lipinski definition) is 0. The summed E-state index contributed by atoms with van der Waals surface area (Å²) >= 11 is 0.797. The molecule has 0 unspecified atom stereocenters. The van der Waals surface area contributed by atoms with Crippen LogP contribution in [0, 0.1) is 0 Å². The first-order valence-corrected chi connectivity index (χ1v) is 8.94. The molecule has 0 radical (unpaired) electrons. The Morgan fingerprint density at radius 1 is 1.15 bits per heavy atom. The van der Waals surface area contributed by atoms with Crippen LogP contribution in [0.5, 0.6) is 0 Å². The molecule has 0 aliphatic carbocycles. The number of carbonyl (C=O) groups excluding carboxylic acids is 4. The second-order valence-corrected chi connectivity index (χ2v) is 6.44. The van der Waals surface area contributed by atoms with Crippen LogP contribution in [0.1, 0.15) is 29.8 Å². The molecule has 1 aliphatic heterocycles. The fourth-order valence-corrected chi connectivity index (χ4v) is 3.27. The highest BCUT2D eigenvalue weighted by molar-refractivity contribution is 8.18. The fraction of sp³-hybridized carbons (Fsp3) is 0.333. The van der Waals surface area contributed by atoms with Gasteiger partial charge in [-0.15, -0.1) is 0 Å². The van der Waals surface area contributed by atoms with E-state index in [4.69, 9.17) is 0 Å². The minimum absolute atomic E-state index is 0.244. The number of esters is 1. The minimum Gasteiger partial charge on any atom is -0.465 e. The van der Waals surface area contributed by atoms with Gasteiger partial charge in [0.1, 0.15) is 6.54 Å². The van der Waals surface area contributed by atoms with Crippen molar-refractivity contribution in [2.24, 2.45) is 0 Å². The molecule has 3 amide bonds. The van der Waals surface area contributed by atoms with Crippen LogP contribution >= 0.6 is 11.8 Å². The van der Waals surface area contributed by atoms with Gasteiger partial charge < -0.3 is 9.64 Å². The monoisotopic (exact) mass is 376 g/mol. The number of hydrogen-bond acceptors (Lipinski definition) is 6. The Morgan fingerprint density at radius 3 is 2.31 bits per heavy atom. The van der Waals surface area contributed by atoms with E-state index in [0.29, 0.717) is 24.2 Å². The molecule has 1 saturated heterocycles. The van der Waals surface area contributed by atoms with Gasteiger partial charge in [-0.25, -0.2) is 4.79 Å². The number of imide groups is 1. The Morgan fingerprint density at radius 2 is 1.77 bits per heavy atom. The Balaban J connectivity index is 2.13. The molecule has 7 nitrogen and oxygen atoms in total. The molecule has 1 aromatic carbocycles. The highest BCUT2D eigenvalue weighted by Gasteiger charge is 2.36. The summed E-state index contributed by atoms with van der Waals surface area (Å²) in [6, 6.07) is 6.46. The number of carbonyl (C=O) groups is 4. The Labute approximate surface area is 156 Å². The van der Waals surface area contributed by atoms with Crippen molar-refractivity contribution in [1.29, 1.82) is 0 Å². The minimum atomic E-state index is -0.488. The molecule has 1 aliphatic rings. The van der Waals surface area contributed by atoms with Gasteiger partial charge in [0.15, 0.2) is 0 Å². The second kappa shape index (κ2) is 8.66. The third kappa shape index (κ3) is 4.32. The number of methoxy groups -OCH3 is 1. The summed E-state index contributed by atoms with van der Waals surface area (Å²) in [6.07, 6.45) is 1.56. The van der Waals surface area contributed by atoms with Crippen molar-refractivity contribution in [3.05, 3.63) is 40.3 Å². The molecule has 8 heteroatoms. The molecule has 26 heavy (non-hydrogen) atoms. The summed E-state index contributed by atoms with van der Waals surface area (Å²) in [4.78, 5) is 50.9. The quantitative estimate of drug-likeness (QED) is 0.560. The first-order valence-electron chi connectivity index (χ1n) is 8.12. The third-order valence-electron chi connectivity index (χ3n) is 3.91. The summed E-state index contributed by atoms with van der Waals surface area (Å²) < 4.78 is 4.63. The molecular formula is C18H20N2O5S. The lowest BCUT2D eigenvalue weighted by Gasteiger charge is -2.21. The van der Waals surface area contributed by atoms with Crippen LogP contribution in [0.2, 0.25) is 0 Å². The Bertz CT molecular complexity index is 753. The van der Waals surface area contributed by atoms with Crippen LogP contribution in [0.4, 0.5) is 4.79 Å². The van der Waals surface area contributed by atoms with Crippen molar-refractivity contribution in [3.8, 4) is 0 Å². The van der Waals surface area contributed by atoms with Gasteiger partial charge in [0.2, 0.25) is 5.91 Å². The molecular weight excluding hydrogens is 356 g/mol. The van der Waals surface area contributed by atoms with Gasteiger partial charge in [-0.1, -0.05) is 12.1 Å². The van der Waals surface area contributed by atoms with Gasteiger partial charge in [0.25, 0.3) is 11.1 Å². The van der Waals surface area contributed by atoms with Crippen molar-refractivity contribution >= 4 is 40.9 Å². The SMILES string of the molecule is CCN(CC)C(=O)CN1C(=O)S/C(=C\c2ccc(C(=O)OC)cc2)C1=O. The van der Waals surface area contributed by atoms with Crippen molar-refractivity contribution in [1.82, 2.24) is 9.80 Å². The first-order chi connectivity index (χ1) is 12.4. The van der Waals surface area contributed by atoms with Gasteiger partial charge in [-0.2, -0.15) is 0 Å². The van der Waals surface area contributed by atoms with E-state index in [1.807, 2.05) is 13.8 Å². The van der Waals surface area contributed by atoms with E-state index in [2.05, 4.69) is 4.74 Å².